The Hall–Kier alpha value is -0.610. The molecule has 0 saturated heterocycles. The Balaban J connectivity index is 2.24. The highest BCUT2D eigenvalue weighted by atomic mass is 32.2. The molecule has 0 spiro atoms. The highest BCUT2D eigenvalue weighted by molar-refractivity contribution is 8.22. The minimum Gasteiger partial charge on any atom is -0.371 e. The quantitative estimate of drug-likeness (QED) is 0.773. The van der Waals surface area contributed by atoms with E-state index < -0.39 is 0 Å². The molecule has 0 atom stereocenters. The van der Waals surface area contributed by atoms with Gasteiger partial charge in [0.2, 0.25) is 0 Å². The van der Waals surface area contributed by atoms with Gasteiger partial charge in [-0.1, -0.05) is 18.3 Å². The van der Waals surface area contributed by atoms with Crippen molar-refractivity contribution in [1.82, 2.24) is 10.3 Å². The fraction of sp³-hybridized carbons (Fsp3) is 0.333. The first-order chi connectivity index (χ1) is 6.33. The highest BCUT2D eigenvalue weighted by Gasteiger charge is 1.93. The van der Waals surface area contributed by atoms with Gasteiger partial charge in [0.05, 0.1) is 0 Å². The second-order valence-corrected chi connectivity index (χ2v) is 4.01. The van der Waals surface area contributed by atoms with Crippen molar-refractivity contribution >= 4 is 28.3 Å². The van der Waals surface area contributed by atoms with Gasteiger partial charge in [0.15, 0.2) is 0 Å². The molecule has 1 aromatic rings. The summed E-state index contributed by atoms with van der Waals surface area (Å²) in [5.74, 6) is 0. The zero-order valence-electron chi connectivity index (χ0n) is 7.49. The van der Waals surface area contributed by atoms with Crippen LogP contribution in [0.25, 0.3) is 0 Å². The predicted molar refractivity (Wildman–Crippen MR) is 62.1 cm³/mol. The summed E-state index contributed by atoms with van der Waals surface area (Å²) in [6, 6.07) is 4.01. The van der Waals surface area contributed by atoms with Crippen LogP contribution in [0, 0.1) is 0 Å². The smallest absolute Gasteiger partial charge is 0.133 e. The summed E-state index contributed by atoms with van der Waals surface area (Å²) in [6.07, 6.45) is 6.60. The molecule has 0 aliphatic heterocycles. The first-order valence-corrected chi connectivity index (χ1v) is 5.67. The van der Waals surface area contributed by atoms with Gasteiger partial charge in [0, 0.05) is 18.9 Å². The van der Waals surface area contributed by atoms with Crippen LogP contribution in [0.2, 0.25) is 0 Å². The van der Waals surface area contributed by atoms with Crippen molar-refractivity contribution in [1.29, 1.82) is 0 Å². The minimum absolute atomic E-state index is 0.851. The number of nitrogens with one attached hydrogen (secondary N) is 1. The molecule has 70 valence electrons. The number of thiocarbonyl (C=S) groups is 1. The lowest BCUT2D eigenvalue weighted by Crippen LogP contribution is -2.20. The molecule has 0 radical (unpaired) electrons. The third-order valence-corrected chi connectivity index (χ3v) is 2.75. The Bertz CT molecular complexity index is 262. The van der Waals surface area contributed by atoms with Crippen LogP contribution in [-0.4, -0.2) is 22.1 Å². The summed E-state index contributed by atoms with van der Waals surface area (Å²) >= 11 is 6.57. The highest BCUT2D eigenvalue weighted by Crippen LogP contribution is 1.97. The average molecular weight is 212 g/mol. The lowest BCUT2D eigenvalue weighted by molar-refractivity contribution is 0.877. The predicted octanol–water partition coefficient (Wildman–Crippen LogP) is 1.86. The Morgan fingerprint density at radius 3 is 3.15 bits per heavy atom. The van der Waals surface area contributed by atoms with Crippen molar-refractivity contribution in [2.45, 2.75) is 6.42 Å². The maximum atomic E-state index is 5.01. The fourth-order valence-electron chi connectivity index (χ4n) is 0.927. The molecule has 2 nitrogen and oxygen atoms in total. The third-order valence-electron chi connectivity index (χ3n) is 1.59. The molecule has 4 heteroatoms. The molecule has 0 aromatic carbocycles. The van der Waals surface area contributed by atoms with E-state index in [0.29, 0.717) is 0 Å². The number of pyridine rings is 1. The number of aromatic nitrogens is 1. The molecule has 1 N–H and O–H groups in total. The minimum atomic E-state index is 0.851. The zero-order chi connectivity index (χ0) is 9.52. The van der Waals surface area contributed by atoms with E-state index in [4.69, 9.17) is 12.2 Å². The molecule has 0 bridgehead atoms. The molecule has 1 rings (SSSR count). The van der Waals surface area contributed by atoms with Gasteiger partial charge in [0.1, 0.15) is 4.32 Å². The van der Waals surface area contributed by atoms with Gasteiger partial charge >= 0.3 is 0 Å². The Labute approximate surface area is 88.1 Å². The van der Waals surface area contributed by atoms with Crippen molar-refractivity contribution in [2.75, 3.05) is 12.8 Å². The second-order valence-electron chi connectivity index (χ2n) is 2.53. The van der Waals surface area contributed by atoms with Crippen LogP contribution in [0.1, 0.15) is 5.56 Å². The van der Waals surface area contributed by atoms with Crippen molar-refractivity contribution in [3.63, 3.8) is 0 Å². The third kappa shape index (κ3) is 4.24. The average Bonchev–Trinajstić information content (AvgIpc) is 2.19. The van der Waals surface area contributed by atoms with Crippen LogP contribution in [-0.2, 0) is 6.42 Å². The van der Waals surface area contributed by atoms with Gasteiger partial charge in [-0.15, -0.1) is 11.8 Å². The number of thioether (sulfide) groups is 1. The Morgan fingerprint density at radius 1 is 1.69 bits per heavy atom. The molecule has 0 aliphatic carbocycles. The van der Waals surface area contributed by atoms with Crippen molar-refractivity contribution in [3.8, 4) is 0 Å². The van der Waals surface area contributed by atoms with Crippen molar-refractivity contribution in [3.05, 3.63) is 30.1 Å². The monoisotopic (exact) mass is 212 g/mol. The van der Waals surface area contributed by atoms with E-state index in [0.717, 1.165) is 17.3 Å². The normalized spacial score (nSPS) is 9.62. The van der Waals surface area contributed by atoms with Crippen LogP contribution in [0.5, 0.6) is 0 Å². The second kappa shape index (κ2) is 5.94. The maximum Gasteiger partial charge on any atom is 0.133 e. The van der Waals surface area contributed by atoms with Gasteiger partial charge in [-0.3, -0.25) is 4.98 Å². The molecule has 0 aliphatic rings. The van der Waals surface area contributed by atoms with Crippen LogP contribution >= 0.6 is 24.0 Å². The van der Waals surface area contributed by atoms with E-state index in [2.05, 4.69) is 16.4 Å². The van der Waals surface area contributed by atoms with Gasteiger partial charge in [0.25, 0.3) is 0 Å². The van der Waals surface area contributed by atoms with E-state index in [9.17, 15) is 0 Å². The lowest BCUT2D eigenvalue weighted by atomic mass is 10.2. The Morgan fingerprint density at radius 2 is 2.54 bits per heavy atom. The van der Waals surface area contributed by atoms with Gasteiger partial charge in [-0.2, -0.15) is 0 Å². The van der Waals surface area contributed by atoms with Gasteiger partial charge in [-0.05, 0) is 24.3 Å². The van der Waals surface area contributed by atoms with Crippen molar-refractivity contribution < 1.29 is 0 Å². The fourth-order valence-corrected chi connectivity index (χ4v) is 1.28. The van der Waals surface area contributed by atoms with E-state index in [1.807, 2.05) is 18.5 Å². The summed E-state index contributed by atoms with van der Waals surface area (Å²) in [4.78, 5) is 4.04. The van der Waals surface area contributed by atoms with Crippen LogP contribution in [0.15, 0.2) is 24.5 Å². The Kier molecular flexibility index (Phi) is 4.78. The van der Waals surface area contributed by atoms with E-state index in [-0.39, 0.29) is 0 Å². The lowest BCUT2D eigenvalue weighted by Gasteiger charge is -2.04. The van der Waals surface area contributed by atoms with Crippen LogP contribution in [0.3, 0.4) is 0 Å². The van der Waals surface area contributed by atoms with Crippen LogP contribution in [0.4, 0.5) is 0 Å². The first kappa shape index (κ1) is 10.5. The summed E-state index contributed by atoms with van der Waals surface area (Å²) in [5.41, 5.74) is 1.24. The maximum absolute atomic E-state index is 5.01. The summed E-state index contributed by atoms with van der Waals surface area (Å²) in [7, 11) is 0. The number of nitrogens with zero attached hydrogens (tertiary/aromatic N) is 1. The van der Waals surface area contributed by atoms with Crippen molar-refractivity contribution in [2.24, 2.45) is 0 Å². The zero-order valence-corrected chi connectivity index (χ0v) is 9.12. The molecule has 1 heterocycles. The standard InChI is InChI=1S/C9H12N2S2/c1-13-9(12)11-6-4-8-3-2-5-10-7-8/h2-3,5,7H,4,6H2,1H3,(H,11,12). The molecule has 13 heavy (non-hydrogen) atoms. The molecule has 0 fully saturated rings. The molecule has 0 saturated carbocycles. The summed E-state index contributed by atoms with van der Waals surface area (Å²) in [6.45, 7) is 0.880. The molecule has 0 unspecified atom stereocenters. The molecular weight excluding hydrogens is 200 g/mol. The van der Waals surface area contributed by atoms with E-state index in [1.165, 1.54) is 5.56 Å². The SMILES string of the molecule is CSC(=S)NCCc1cccnc1. The number of hydrogen-bond acceptors (Lipinski definition) is 3. The molecule has 0 amide bonds. The van der Waals surface area contributed by atoms with E-state index in [1.54, 1.807) is 18.0 Å². The van der Waals surface area contributed by atoms with Gasteiger partial charge in [-0.25, -0.2) is 0 Å². The number of hydrogen-bond donors (Lipinski definition) is 1. The first-order valence-electron chi connectivity index (χ1n) is 4.03. The number of rotatable bonds is 3. The summed E-state index contributed by atoms with van der Waals surface area (Å²) < 4.78 is 0.851. The summed E-state index contributed by atoms with van der Waals surface area (Å²) in [5, 5.41) is 3.15. The molecular formula is C9H12N2S2. The van der Waals surface area contributed by atoms with Gasteiger partial charge < -0.3 is 5.32 Å². The van der Waals surface area contributed by atoms with Crippen LogP contribution < -0.4 is 5.32 Å². The largest absolute Gasteiger partial charge is 0.371 e. The van der Waals surface area contributed by atoms with E-state index >= 15 is 0 Å². The topological polar surface area (TPSA) is 24.9 Å². The molecule has 1 aromatic heterocycles.